The van der Waals surface area contributed by atoms with Crippen LogP contribution in [0, 0.1) is 0 Å². The van der Waals surface area contributed by atoms with Gasteiger partial charge in [0.1, 0.15) is 0 Å². The summed E-state index contributed by atoms with van der Waals surface area (Å²) in [4.78, 5) is 0. The van der Waals surface area contributed by atoms with Crippen LogP contribution < -0.4 is 0 Å². The maximum Gasteiger partial charge on any atom is 0.428 e. The zero-order chi connectivity index (χ0) is 17.2. The SMILES string of the molecule is FC(F)C(F)C(F)C(OC(F)(F)C(F)C(F)(F)F)C(F)F. The maximum absolute atomic E-state index is 12.9. The number of ether oxygens (including phenoxy) is 1. The van der Waals surface area contributed by atoms with Gasteiger partial charge in [0.2, 0.25) is 0 Å². The summed E-state index contributed by atoms with van der Waals surface area (Å²) in [6, 6.07) is 0. The first-order valence-electron chi connectivity index (χ1n) is 4.82. The van der Waals surface area contributed by atoms with Gasteiger partial charge in [-0.2, -0.15) is 22.0 Å². The summed E-state index contributed by atoms with van der Waals surface area (Å²) in [5, 5.41) is 0. The molecule has 0 amide bonds. The maximum atomic E-state index is 12.9. The zero-order valence-electron chi connectivity index (χ0n) is 9.41. The van der Waals surface area contributed by atoms with E-state index in [1.165, 1.54) is 0 Å². The van der Waals surface area contributed by atoms with Crippen molar-refractivity contribution in [2.45, 2.75) is 49.8 Å². The molecule has 0 fully saturated rings. The lowest BCUT2D eigenvalue weighted by molar-refractivity contribution is -0.363. The van der Waals surface area contributed by atoms with Gasteiger partial charge in [0, 0.05) is 0 Å². The number of hydrogen-bond donors (Lipinski definition) is 0. The molecule has 4 unspecified atom stereocenters. The van der Waals surface area contributed by atoms with Crippen molar-refractivity contribution in [2.75, 3.05) is 0 Å². The van der Waals surface area contributed by atoms with E-state index < -0.39 is 49.8 Å². The van der Waals surface area contributed by atoms with Gasteiger partial charge in [-0.1, -0.05) is 0 Å². The van der Waals surface area contributed by atoms with Gasteiger partial charge < -0.3 is 4.74 Å². The van der Waals surface area contributed by atoms with Crippen LogP contribution in [0.25, 0.3) is 0 Å². The molecule has 21 heavy (non-hydrogen) atoms. The van der Waals surface area contributed by atoms with E-state index in [4.69, 9.17) is 0 Å². The van der Waals surface area contributed by atoms with Crippen molar-refractivity contribution in [1.29, 1.82) is 0 Å². The number of hydrogen-bond acceptors (Lipinski definition) is 1. The van der Waals surface area contributed by atoms with Crippen molar-refractivity contribution >= 4 is 0 Å². The lowest BCUT2D eigenvalue weighted by atomic mass is 10.1. The Labute approximate surface area is 108 Å². The topological polar surface area (TPSA) is 9.23 Å². The Hall–Kier alpha value is -0.880. The minimum atomic E-state index is -6.26. The minimum Gasteiger partial charge on any atom is -0.305 e. The molecule has 13 heteroatoms. The minimum absolute atomic E-state index is 2.59. The molecule has 0 saturated heterocycles. The highest BCUT2D eigenvalue weighted by molar-refractivity contribution is 4.84. The smallest absolute Gasteiger partial charge is 0.305 e. The van der Waals surface area contributed by atoms with Gasteiger partial charge in [0.25, 0.3) is 19.0 Å². The molecule has 0 heterocycles. The first-order valence-corrected chi connectivity index (χ1v) is 4.82. The molecule has 1 nitrogen and oxygen atoms in total. The second-order valence-electron chi connectivity index (χ2n) is 3.61. The van der Waals surface area contributed by atoms with E-state index in [2.05, 4.69) is 4.74 Å². The monoisotopic (exact) mass is 346 g/mol. The van der Waals surface area contributed by atoms with Crippen molar-refractivity contribution < 1.29 is 57.4 Å². The zero-order valence-corrected chi connectivity index (χ0v) is 9.41. The van der Waals surface area contributed by atoms with Crippen LogP contribution in [0.3, 0.4) is 0 Å². The molecule has 0 saturated carbocycles. The summed E-state index contributed by atoms with van der Waals surface area (Å²) in [6.45, 7) is 0. The highest BCUT2D eigenvalue weighted by atomic mass is 19.4. The van der Waals surface area contributed by atoms with Crippen molar-refractivity contribution in [2.24, 2.45) is 0 Å². The Kier molecular flexibility index (Phi) is 6.63. The van der Waals surface area contributed by atoms with Crippen LogP contribution in [0.15, 0.2) is 0 Å². The molecular weight excluding hydrogens is 340 g/mol. The Balaban J connectivity index is 5.17. The molecule has 0 aromatic carbocycles. The molecule has 0 aliphatic heterocycles. The molecule has 0 bridgehead atoms. The van der Waals surface area contributed by atoms with Crippen molar-refractivity contribution in [1.82, 2.24) is 0 Å². The lowest BCUT2D eigenvalue weighted by Crippen LogP contribution is -2.51. The number of rotatable bonds is 7. The van der Waals surface area contributed by atoms with E-state index in [1.54, 1.807) is 0 Å². The highest BCUT2D eigenvalue weighted by Gasteiger charge is 2.60. The fourth-order valence-electron chi connectivity index (χ4n) is 1.01. The van der Waals surface area contributed by atoms with Crippen molar-refractivity contribution in [3.63, 3.8) is 0 Å². The molecule has 4 atom stereocenters. The summed E-state index contributed by atoms with van der Waals surface area (Å²) in [5.41, 5.74) is 0. The van der Waals surface area contributed by atoms with E-state index >= 15 is 0 Å². The first kappa shape index (κ1) is 20.1. The van der Waals surface area contributed by atoms with Crippen LogP contribution >= 0.6 is 0 Å². The fourth-order valence-corrected chi connectivity index (χ4v) is 1.01. The van der Waals surface area contributed by atoms with Gasteiger partial charge in [0.05, 0.1) is 0 Å². The third-order valence-corrected chi connectivity index (χ3v) is 1.98. The molecule has 0 aliphatic rings. The normalized spacial score (nSPS) is 19.7. The molecule has 0 N–H and O–H groups in total. The van der Waals surface area contributed by atoms with Gasteiger partial charge in [-0.25, -0.2) is 30.7 Å². The Morgan fingerprint density at radius 2 is 1.05 bits per heavy atom. The average molecular weight is 346 g/mol. The molecule has 0 spiro atoms. The van der Waals surface area contributed by atoms with Gasteiger partial charge in [-0.15, -0.1) is 0 Å². The molecule has 0 radical (unpaired) electrons. The van der Waals surface area contributed by atoms with Crippen LogP contribution in [0.4, 0.5) is 52.7 Å². The summed E-state index contributed by atoms with van der Waals surface area (Å²) in [6.07, 6.45) is -38.2. The molecule has 0 aromatic heterocycles. The predicted octanol–water partition coefficient (Wildman–Crippen LogP) is 4.07. The predicted molar refractivity (Wildman–Crippen MR) is 42.6 cm³/mol. The second-order valence-corrected chi connectivity index (χ2v) is 3.61. The van der Waals surface area contributed by atoms with Crippen molar-refractivity contribution in [3.05, 3.63) is 0 Å². The number of alkyl halides is 12. The van der Waals surface area contributed by atoms with Crippen LogP contribution in [0.5, 0.6) is 0 Å². The third kappa shape index (κ3) is 5.43. The van der Waals surface area contributed by atoms with Crippen molar-refractivity contribution in [3.8, 4) is 0 Å². The van der Waals surface area contributed by atoms with E-state index in [-0.39, 0.29) is 0 Å². The van der Waals surface area contributed by atoms with Gasteiger partial charge in [-0.3, -0.25) is 0 Å². The molecule has 0 rings (SSSR count). The fraction of sp³-hybridized carbons (Fsp3) is 1.00. The molecular formula is C8H6F12O. The second kappa shape index (κ2) is 6.92. The van der Waals surface area contributed by atoms with Crippen LogP contribution in [-0.4, -0.2) is 49.8 Å². The third-order valence-electron chi connectivity index (χ3n) is 1.98. The average Bonchev–Trinajstić information content (AvgIpc) is 2.31. The molecule has 128 valence electrons. The largest absolute Gasteiger partial charge is 0.428 e. The van der Waals surface area contributed by atoms with E-state index in [9.17, 15) is 52.7 Å². The van der Waals surface area contributed by atoms with Gasteiger partial charge >= 0.3 is 12.3 Å². The molecule has 0 aliphatic carbocycles. The van der Waals surface area contributed by atoms with Gasteiger partial charge in [0.15, 0.2) is 18.4 Å². The van der Waals surface area contributed by atoms with E-state index in [1.807, 2.05) is 0 Å². The van der Waals surface area contributed by atoms with E-state index in [0.717, 1.165) is 0 Å². The highest BCUT2D eigenvalue weighted by Crippen LogP contribution is 2.38. The molecule has 0 aromatic rings. The van der Waals surface area contributed by atoms with Crippen LogP contribution in [0.2, 0.25) is 0 Å². The first-order chi connectivity index (χ1) is 9.21. The Bertz CT molecular complexity index is 315. The summed E-state index contributed by atoms with van der Waals surface area (Å²) < 4.78 is 148. The standard InChI is InChI=1S/C8H6F12O/c9-1(2(10)4(11)12)3(5(13)14)21-8(19,20)6(15)7(16,17)18/h1-6H. The summed E-state index contributed by atoms with van der Waals surface area (Å²) in [7, 11) is 0. The van der Waals surface area contributed by atoms with E-state index in [0.29, 0.717) is 0 Å². The van der Waals surface area contributed by atoms with Crippen LogP contribution in [-0.2, 0) is 4.74 Å². The summed E-state index contributed by atoms with van der Waals surface area (Å²) in [5.74, 6) is 0. The van der Waals surface area contributed by atoms with Crippen LogP contribution in [0.1, 0.15) is 0 Å². The Morgan fingerprint density at radius 1 is 0.619 bits per heavy atom. The quantitative estimate of drug-likeness (QED) is 0.632. The van der Waals surface area contributed by atoms with Gasteiger partial charge in [-0.05, 0) is 0 Å². The lowest BCUT2D eigenvalue weighted by Gasteiger charge is -2.29. The Morgan fingerprint density at radius 3 is 1.33 bits per heavy atom. The summed E-state index contributed by atoms with van der Waals surface area (Å²) >= 11 is 0. The number of halogens is 12.